The lowest BCUT2D eigenvalue weighted by molar-refractivity contribution is 0.0303. The molecule has 40 heavy (non-hydrogen) atoms. The summed E-state index contributed by atoms with van der Waals surface area (Å²) in [6, 6.07) is 6.74. The summed E-state index contributed by atoms with van der Waals surface area (Å²) in [7, 11) is 0. The van der Waals surface area contributed by atoms with Crippen LogP contribution in [0.4, 0.5) is 22.2 Å². The van der Waals surface area contributed by atoms with Crippen LogP contribution in [0.1, 0.15) is 59.9 Å². The van der Waals surface area contributed by atoms with Crippen molar-refractivity contribution in [1.82, 2.24) is 25.0 Å². The second kappa shape index (κ2) is 13.9. The van der Waals surface area contributed by atoms with Gasteiger partial charge in [-0.25, -0.2) is 4.79 Å². The number of carbonyl (C=O) groups is 3. The van der Waals surface area contributed by atoms with E-state index in [2.05, 4.69) is 32.3 Å². The lowest BCUT2D eigenvalue weighted by Crippen LogP contribution is -2.41. The standard InChI is InChI=1S/C20H25N7O3.C7H14N2O/c21-17(28)16-18(23-20(25-24-16)27-8-2-1-3-9-27)22-15-6-4-14(5-7-15)19(29)26-10-12-30-13-11-26;1-6-2-4-9(5-3-6)7(8)10/h4-7H,1-3,8-13H2,(H2,21,28)(H,22,23,25);6H,2-5H2,1H3,(H2,8,10). The topological polar surface area (TPSA) is 173 Å². The van der Waals surface area contributed by atoms with Crippen LogP contribution in [0, 0.1) is 5.92 Å². The summed E-state index contributed by atoms with van der Waals surface area (Å²) >= 11 is 0. The van der Waals surface area contributed by atoms with Crippen LogP contribution in [0.25, 0.3) is 0 Å². The van der Waals surface area contributed by atoms with Gasteiger partial charge in [0.2, 0.25) is 5.95 Å². The number of piperidine rings is 2. The third-order valence-electron chi connectivity index (χ3n) is 7.34. The summed E-state index contributed by atoms with van der Waals surface area (Å²) in [5, 5.41) is 11.2. The quantitative estimate of drug-likeness (QED) is 0.500. The normalized spacial score (nSPS) is 18.0. The van der Waals surface area contributed by atoms with Gasteiger partial charge in [0.1, 0.15) is 0 Å². The Morgan fingerprint density at radius 1 is 0.875 bits per heavy atom. The first-order chi connectivity index (χ1) is 19.3. The molecule has 1 aromatic carbocycles. The van der Waals surface area contributed by atoms with Crippen LogP contribution in [-0.2, 0) is 4.74 Å². The maximum Gasteiger partial charge on any atom is 0.314 e. The number of ether oxygens (including phenoxy) is 1. The molecule has 2 aromatic rings. The zero-order valence-electron chi connectivity index (χ0n) is 23.1. The Labute approximate surface area is 234 Å². The number of urea groups is 1. The Kier molecular flexibility index (Phi) is 10.1. The number of hydrogen-bond donors (Lipinski definition) is 3. The number of anilines is 3. The highest BCUT2D eigenvalue weighted by atomic mass is 16.5. The molecule has 3 aliphatic rings. The van der Waals surface area contributed by atoms with Crippen LogP contribution < -0.4 is 21.7 Å². The predicted octanol–water partition coefficient (Wildman–Crippen LogP) is 1.97. The molecule has 0 spiro atoms. The third-order valence-corrected chi connectivity index (χ3v) is 7.34. The van der Waals surface area contributed by atoms with Crippen molar-refractivity contribution in [2.45, 2.75) is 39.0 Å². The smallest absolute Gasteiger partial charge is 0.314 e. The van der Waals surface area contributed by atoms with Crippen molar-refractivity contribution in [2.24, 2.45) is 17.4 Å². The zero-order valence-corrected chi connectivity index (χ0v) is 23.1. The molecule has 3 aliphatic heterocycles. The highest BCUT2D eigenvalue weighted by molar-refractivity contribution is 5.97. The number of likely N-dealkylation sites (tertiary alicyclic amines) is 1. The van der Waals surface area contributed by atoms with E-state index >= 15 is 0 Å². The Morgan fingerprint density at radius 2 is 1.52 bits per heavy atom. The first-order valence-corrected chi connectivity index (χ1v) is 13.9. The molecule has 4 amide bonds. The number of amides is 4. The van der Waals surface area contributed by atoms with Crippen molar-refractivity contribution in [1.29, 1.82) is 0 Å². The maximum absolute atomic E-state index is 12.6. The van der Waals surface area contributed by atoms with E-state index in [0.29, 0.717) is 43.5 Å². The molecule has 5 N–H and O–H groups in total. The highest BCUT2D eigenvalue weighted by Crippen LogP contribution is 2.22. The Morgan fingerprint density at radius 3 is 2.12 bits per heavy atom. The molecule has 0 radical (unpaired) electrons. The van der Waals surface area contributed by atoms with Crippen LogP contribution >= 0.6 is 0 Å². The first kappa shape index (κ1) is 29.0. The van der Waals surface area contributed by atoms with E-state index in [9.17, 15) is 14.4 Å². The highest BCUT2D eigenvalue weighted by Gasteiger charge is 2.21. The van der Waals surface area contributed by atoms with Crippen LogP contribution in [0.3, 0.4) is 0 Å². The minimum absolute atomic E-state index is 0.0239. The fourth-order valence-corrected chi connectivity index (χ4v) is 4.81. The fraction of sp³-hybridized carbons (Fsp3) is 0.556. The molecule has 0 atom stereocenters. The van der Waals surface area contributed by atoms with Gasteiger partial charge in [0.05, 0.1) is 13.2 Å². The molecule has 1 aromatic heterocycles. The van der Waals surface area contributed by atoms with Crippen LogP contribution in [0.2, 0.25) is 0 Å². The number of nitrogens with two attached hydrogens (primary N) is 2. The molecule has 13 nitrogen and oxygen atoms in total. The summed E-state index contributed by atoms with van der Waals surface area (Å²) in [5.74, 6) is 0.753. The molecule has 0 aliphatic carbocycles. The molecule has 5 rings (SSSR count). The van der Waals surface area contributed by atoms with E-state index in [4.69, 9.17) is 16.2 Å². The second-order valence-electron chi connectivity index (χ2n) is 10.3. The van der Waals surface area contributed by atoms with Crippen molar-refractivity contribution < 1.29 is 19.1 Å². The van der Waals surface area contributed by atoms with Gasteiger partial charge in [-0.05, 0) is 62.3 Å². The van der Waals surface area contributed by atoms with E-state index in [-0.39, 0.29) is 23.5 Å². The largest absolute Gasteiger partial charge is 0.378 e. The van der Waals surface area contributed by atoms with Crippen molar-refractivity contribution in [3.05, 3.63) is 35.5 Å². The van der Waals surface area contributed by atoms with Crippen molar-refractivity contribution in [2.75, 3.05) is 62.7 Å². The number of hydrogen-bond acceptors (Lipinski definition) is 9. The predicted molar refractivity (Wildman–Crippen MR) is 150 cm³/mol. The van der Waals surface area contributed by atoms with E-state index in [1.165, 1.54) is 6.42 Å². The third kappa shape index (κ3) is 7.78. The lowest BCUT2D eigenvalue weighted by Gasteiger charge is -2.28. The maximum atomic E-state index is 12.6. The summed E-state index contributed by atoms with van der Waals surface area (Å²) in [5.41, 5.74) is 11.8. The van der Waals surface area contributed by atoms with E-state index in [1.807, 2.05) is 0 Å². The molecule has 0 saturated carbocycles. The molecule has 216 valence electrons. The van der Waals surface area contributed by atoms with Gasteiger partial charge in [0.15, 0.2) is 11.5 Å². The molecule has 0 unspecified atom stereocenters. The number of nitrogens with zero attached hydrogens (tertiary/aromatic N) is 6. The van der Waals surface area contributed by atoms with E-state index < -0.39 is 5.91 Å². The molecule has 3 saturated heterocycles. The van der Waals surface area contributed by atoms with Gasteiger partial charge in [-0.3, -0.25) is 9.59 Å². The van der Waals surface area contributed by atoms with E-state index in [1.54, 1.807) is 34.1 Å². The monoisotopic (exact) mass is 553 g/mol. The summed E-state index contributed by atoms with van der Waals surface area (Å²) in [4.78, 5) is 45.0. The van der Waals surface area contributed by atoms with Crippen molar-refractivity contribution in [3.8, 4) is 0 Å². The van der Waals surface area contributed by atoms with Gasteiger partial charge in [-0.1, -0.05) is 6.92 Å². The lowest BCUT2D eigenvalue weighted by atomic mass is 10.00. The fourth-order valence-electron chi connectivity index (χ4n) is 4.81. The number of morpholine rings is 1. The molecule has 0 bridgehead atoms. The average molecular weight is 554 g/mol. The minimum atomic E-state index is -0.707. The Balaban J connectivity index is 0.000000312. The summed E-state index contributed by atoms with van der Waals surface area (Å²) < 4.78 is 5.29. The van der Waals surface area contributed by atoms with Crippen LogP contribution in [0.5, 0.6) is 0 Å². The number of aromatic nitrogens is 3. The Bertz CT molecular complexity index is 1160. The number of rotatable bonds is 5. The first-order valence-electron chi connectivity index (χ1n) is 13.9. The SMILES string of the molecule is CC1CCN(C(N)=O)CC1.NC(=O)c1nnc(N2CCCCC2)nc1Nc1ccc(C(=O)N2CCOCC2)cc1. The Hall–Kier alpha value is -4.00. The number of carbonyl (C=O) groups excluding carboxylic acids is 3. The average Bonchev–Trinajstić information content (AvgIpc) is 2.98. The molecular formula is C27H39N9O4. The number of benzene rings is 1. The van der Waals surface area contributed by atoms with Crippen molar-refractivity contribution in [3.63, 3.8) is 0 Å². The van der Waals surface area contributed by atoms with Gasteiger partial charge in [0.25, 0.3) is 11.8 Å². The zero-order chi connectivity index (χ0) is 28.5. The molecule has 4 heterocycles. The van der Waals surface area contributed by atoms with Gasteiger partial charge in [0, 0.05) is 50.5 Å². The summed E-state index contributed by atoms with van der Waals surface area (Å²) in [6.07, 6.45) is 5.53. The molecule has 13 heteroatoms. The van der Waals surface area contributed by atoms with Crippen LogP contribution in [0.15, 0.2) is 24.3 Å². The molecule has 3 fully saturated rings. The van der Waals surface area contributed by atoms with E-state index in [0.717, 1.165) is 57.8 Å². The molecular weight excluding hydrogens is 514 g/mol. The van der Waals surface area contributed by atoms with Crippen molar-refractivity contribution >= 4 is 35.3 Å². The van der Waals surface area contributed by atoms with Gasteiger partial charge in [-0.2, -0.15) is 4.98 Å². The van der Waals surface area contributed by atoms with Gasteiger partial charge >= 0.3 is 6.03 Å². The summed E-state index contributed by atoms with van der Waals surface area (Å²) in [6.45, 7) is 7.90. The van der Waals surface area contributed by atoms with Gasteiger partial charge in [-0.15, -0.1) is 10.2 Å². The minimum Gasteiger partial charge on any atom is -0.378 e. The van der Waals surface area contributed by atoms with Crippen LogP contribution in [-0.4, -0.2) is 95.3 Å². The number of primary amides is 2. The van der Waals surface area contributed by atoms with Gasteiger partial charge < -0.3 is 36.2 Å². The second-order valence-corrected chi connectivity index (χ2v) is 10.3. The number of nitrogens with one attached hydrogen (secondary N) is 1.